The van der Waals surface area contributed by atoms with Gasteiger partial charge in [0.05, 0.1) is 12.2 Å². The monoisotopic (exact) mass is 368 g/mol. The average Bonchev–Trinajstić information content (AvgIpc) is 2.71. The zero-order chi connectivity index (χ0) is 19.0. The summed E-state index contributed by atoms with van der Waals surface area (Å²) in [6, 6.07) is 10.3. The number of nitrogens with one attached hydrogen (secondary N) is 2. The van der Waals surface area contributed by atoms with Crippen LogP contribution in [0.2, 0.25) is 0 Å². The standard InChI is InChI=1S/C22H32N4O/c1-2-23-21(26-17-22(13-15-27)11-6-3-7-12-22)25-16-20-19-9-5-4-8-18(19)10-14-24-20/h4-5,8-10,14,27H,2-3,6-7,11-13,15-17H2,1H3,(H2,23,25,26). The van der Waals surface area contributed by atoms with Crippen molar-refractivity contribution >= 4 is 16.7 Å². The second kappa shape index (κ2) is 9.70. The molecule has 0 amide bonds. The molecule has 0 saturated heterocycles. The van der Waals surface area contributed by atoms with E-state index in [0.29, 0.717) is 6.54 Å². The number of rotatable bonds is 7. The van der Waals surface area contributed by atoms with E-state index in [2.05, 4.69) is 34.7 Å². The van der Waals surface area contributed by atoms with E-state index in [9.17, 15) is 5.11 Å². The number of pyridine rings is 1. The molecule has 0 atom stereocenters. The maximum Gasteiger partial charge on any atom is 0.191 e. The minimum Gasteiger partial charge on any atom is -0.396 e. The van der Waals surface area contributed by atoms with Gasteiger partial charge < -0.3 is 15.7 Å². The van der Waals surface area contributed by atoms with Crippen molar-refractivity contribution in [2.24, 2.45) is 10.4 Å². The molecule has 1 saturated carbocycles. The molecule has 5 heteroatoms. The Kier molecular flexibility index (Phi) is 7.04. The van der Waals surface area contributed by atoms with Crippen molar-refractivity contribution in [3.8, 4) is 0 Å². The van der Waals surface area contributed by atoms with Crippen LogP contribution < -0.4 is 10.6 Å². The Morgan fingerprint density at radius 2 is 1.96 bits per heavy atom. The van der Waals surface area contributed by atoms with Crippen molar-refractivity contribution in [1.29, 1.82) is 0 Å². The Morgan fingerprint density at radius 3 is 2.74 bits per heavy atom. The maximum absolute atomic E-state index is 9.52. The van der Waals surface area contributed by atoms with Crippen molar-refractivity contribution in [2.75, 3.05) is 19.7 Å². The van der Waals surface area contributed by atoms with Crippen LogP contribution in [0, 0.1) is 5.41 Å². The summed E-state index contributed by atoms with van der Waals surface area (Å²) in [6.07, 6.45) is 8.92. The zero-order valence-electron chi connectivity index (χ0n) is 16.4. The predicted octanol–water partition coefficient (Wildman–Crippen LogP) is 3.62. The number of guanidine groups is 1. The van der Waals surface area contributed by atoms with Crippen LogP contribution in [-0.2, 0) is 6.54 Å². The lowest BCUT2D eigenvalue weighted by Crippen LogP contribution is -2.45. The molecule has 1 aromatic heterocycles. The lowest BCUT2D eigenvalue weighted by molar-refractivity contribution is 0.131. The van der Waals surface area contributed by atoms with Crippen molar-refractivity contribution in [1.82, 2.24) is 15.6 Å². The number of aliphatic imine (C=N–C) groups is 1. The Bertz CT molecular complexity index is 742. The summed E-state index contributed by atoms with van der Waals surface area (Å²) in [5, 5.41) is 18.8. The Hall–Kier alpha value is -2.14. The van der Waals surface area contributed by atoms with Gasteiger partial charge in [0.15, 0.2) is 5.96 Å². The number of aromatic nitrogens is 1. The topological polar surface area (TPSA) is 69.5 Å². The third kappa shape index (κ3) is 5.19. The van der Waals surface area contributed by atoms with Gasteiger partial charge in [0.25, 0.3) is 0 Å². The van der Waals surface area contributed by atoms with Crippen LogP contribution in [0.3, 0.4) is 0 Å². The summed E-state index contributed by atoms with van der Waals surface area (Å²) >= 11 is 0. The van der Waals surface area contributed by atoms with Gasteiger partial charge in [-0.05, 0) is 43.1 Å². The van der Waals surface area contributed by atoms with Crippen LogP contribution in [-0.4, -0.2) is 35.7 Å². The van der Waals surface area contributed by atoms with Gasteiger partial charge in [0, 0.05) is 31.3 Å². The summed E-state index contributed by atoms with van der Waals surface area (Å²) in [5.74, 6) is 0.829. The molecule has 27 heavy (non-hydrogen) atoms. The van der Waals surface area contributed by atoms with Crippen molar-refractivity contribution in [3.63, 3.8) is 0 Å². The normalized spacial score (nSPS) is 17.0. The fourth-order valence-corrected chi connectivity index (χ4v) is 4.13. The summed E-state index contributed by atoms with van der Waals surface area (Å²) in [4.78, 5) is 9.32. The molecule has 3 N–H and O–H groups in total. The van der Waals surface area contributed by atoms with Crippen LogP contribution in [0.25, 0.3) is 10.8 Å². The van der Waals surface area contributed by atoms with Gasteiger partial charge in [-0.15, -0.1) is 0 Å². The first kappa shape index (κ1) is 19.6. The second-order valence-electron chi connectivity index (χ2n) is 7.56. The highest BCUT2D eigenvalue weighted by Crippen LogP contribution is 2.38. The van der Waals surface area contributed by atoms with Gasteiger partial charge in [0.1, 0.15) is 0 Å². The van der Waals surface area contributed by atoms with Crippen LogP contribution in [0.1, 0.15) is 51.1 Å². The predicted molar refractivity (Wildman–Crippen MR) is 112 cm³/mol. The highest BCUT2D eigenvalue weighted by Gasteiger charge is 2.31. The lowest BCUT2D eigenvalue weighted by atomic mass is 9.72. The first-order valence-electron chi connectivity index (χ1n) is 10.2. The summed E-state index contributed by atoms with van der Waals surface area (Å²) in [7, 11) is 0. The molecular weight excluding hydrogens is 336 g/mol. The van der Waals surface area contributed by atoms with Gasteiger partial charge in [0.2, 0.25) is 0 Å². The first-order chi connectivity index (χ1) is 13.3. The molecule has 1 aliphatic carbocycles. The highest BCUT2D eigenvalue weighted by atomic mass is 16.3. The number of aliphatic hydroxyl groups excluding tert-OH is 1. The minimum absolute atomic E-state index is 0.195. The number of hydrogen-bond acceptors (Lipinski definition) is 3. The van der Waals surface area contributed by atoms with Crippen LogP contribution in [0.4, 0.5) is 0 Å². The fourth-order valence-electron chi connectivity index (χ4n) is 4.13. The Labute approximate surface area is 162 Å². The summed E-state index contributed by atoms with van der Waals surface area (Å²) < 4.78 is 0. The molecule has 0 spiro atoms. The molecule has 0 bridgehead atoms. The summed E-state index contributed by atoms with van der Waals surface area (Å²) in [6.45, 7) is 4.57. The quantitative estimate of drug-likeness (QED) is 0.516. The fraction of sp³-hybridized carbons (Fsp3) is 0.545. The number of hydrogen-bond donors (Lipinski definition) is 3. The third-order valence-electron chi connectivity index (χ3n) is 5.67. The molecule has 1 aliphatic rings. The molecule has 0 aliphatic heterocycles. The Balaban J connectivity index is 1.70. The molecule has 1 fully saturated rings. The van der Waals surface area contributed by atoms with E-state index in [0.717, 1.165) is 36.6 Å². The van der Waals surface area contributed by atoms with Crippen LogP contribution in [0.5, 0.6) is 0 Å². The molecule has 5 nitrogen and oxygen atoms in total. The second-order valence-corrected chi connectivity index (χ2v) is 7.56. The maximum atomic E-state index is 9.52. The van der Waals surface area contributed by atoms with E-state index in [1.807, 2.05) is 24.4 Å². The smallest absolute Gasteiger partial charge is 0.191 e. The van der Waals surface area contributed by atoms with Gasteiger partial charge in [-0.2, -0.15) is 0 Å². The van der Waals surface area contributed by atoms with Gasteiger partial charge in [-0.3, -0.25) is 4.98 Å². The lowest BCUT2D eigenvalue weighted by Gasteiger charge is -2.37. The molecule has 146 valence electrons. The summed E-state index contributed by atoms with van der Waals surface area (Å²) in [5.41, 5.74) is 1.19. The number of nitrogens with zero attached hydrogens (tertiary/aromatic N) is 2. The number of fused-ring (bicyclic) bond motifs is 1. The van der Waals surface area contributed by atoms with E-state index >= 15 is 0 Å². The molecule has 3 rings (SSSR count). The van der Waals surface area contributed by atoms with Gasteiger partial charge in [-0.25, -0.2) is 4.99 Å². The van der Waals surface area contributed by atoms with Crippen molar-refractivity contribution in [3.05, 3.63) is 42.2 Å². The van der Waals surface area contributed by atoms with E-state index < -0.39 is 0 Å². The average molecular weight is 369 g/mol. The van der Waals surface area contributed by atoms with Gasteiger partial charge >= 0.3 is 0 Å². The molecule has 1 aromatic carbocycles. The highest BCUT2D eigenvalue weighted by molar-refractivity contribution is 5.85. The Morgan fingerprint density at radius 1 is 1.15 bits per heavy atom. The molecule has 0 unspecified atom stereocenters. The van der Waals surface area contributed by atoms with Crippen molar-refractivity contribution in [2.45, 2.75) is 52.0 Å². The van der Waals surface area contributed by atoms with Crippen LogP contribution in [0.15, 0.2) is 41.5 Å². The van der Waals surface area contributed by atoms with E-state index in [1.165, 1.54) is 37.5 Å². The molecule has 2 aromatic rings. The van der Waals surface area contributed by atoms with Gasteiger partial charge in [-0.1, -0.05) is 43.5 Å². The first-order valence-corrected chi connectivity index (χ1v) is 10.2. The number of aliphatic hydroxyl groups is 1. The molecule has 0 radical (unpaired) electrons. The van der Waals surface area contributed by atoms with E-state index in [1.54, 1.807) is 0 Å². The zero-order valence-corrected chi connectivity index (χ0v) is 16.4. The molecular formula is C22H32N4O. The van der Waals surface area contributed by atoms with Crippen LogP contribution >= 0.6 is 0 Å². The minimum atomic E-state index is 0.195. The van der Waals surface area contributed by atoms with E-state index in [4.69, 9.17) is 4.99 Å². The largest absolute Gasteiger partial charge is 0.396 e. The molecule has 1 heterocycles. The van der Waals surface area contributed by atoms with Crippen molar-refractivity contribution < 1.29 is 5.11 Å². The third-order valence-corrected chi connectivity index (χ3v) is 5.67. The SMILES string of the molecule is CCNC(=NCc1nccc2ccccc12)NCC1(CCO)CCCCC1. The number of benzene rings is 1. The van der Waals surface area contributed by atoms with E-state index in [-0.39, 0.29) is 12.0 Å².